The number of fused-ring (bicyclic) bond motifs is 10. The van der Waals surface area contributed by atoms with E-state index in [-0.39, 0.29) is 177 Å². The van der Waals surface area contributed by atoms with Gasteiger partial charge >= 0.3 is 0 Å². The standard InChI is InChI=1S/2C21H18FN3O4.2C20H17FN4O4.C18H12F2N2O3.CH4/c2*1-11-5-6-23(9-11)19-15(22)8-14-18-21(19)29-17-7-13(25(27)28)3-4-16(17)24(18)10-12(2)20(14)26;2*1-10-8-24-15-3-2-12(25(27)28)6-16(15)29-20-17(24)13(19(10)26)7-14(21)18(20)23-5-4-11(22)9-23;1-8-7-22-13-4-3-10(21-9(2)23)5-14(13)25-18-15(20)12(19)6-11(16(18)22)17(8)24;/h2*3-4,7-8,10-11H,5-6,9H2,1-2H3;2*2-3,6-8,11H,4-5,9,22H2,1H3;3-7H,1-2H3,(H,21,23);1H4/t11-;;11-;;;/m0.0.../s1. The molecule has 142 heavy (non-hydrogen) atoms. The molecule has 0 bridgehead atoms. The Bertz CT molecular complexity index is 7670. The summed E-state index contributed by atoms with van der Waals surface area (Å²) < 4.78 is 127. The third kappa shape index (κ3) is 15.8. The van der Waals surface area contributed by atoms with E-state index in [1.165, 1.54) is 85.8 Å². The van der Waals surface area contributed by atoms with Crippen molar-refractivity contribution in [2.75, 3.05) is 77.3 Å². The number of hydrogen-bond acceptors (Lipinski definition) is 25. The van der Waals surface area contributed by atoms with Crippen molar-refractivity contribution >= 4 is 112 Å². The number of nitrogens with zero attached hydrogens (tertiary/aromatic N) is 13. The first-order valence-corrected chi connectivity index (χ1v) is 44.8. The number of carbonyl (C=O) groups excluding carboxylic acids is 1. The number of halogens is 6. The van der Waals surface area contributed by atoms with Crippen LogP contribution in [0.15, 0.2) is 176 Å². The Morgan fingerprint density at radius 1 is 0.352 bits per heavy atom. The van der Waals surface area contributed by atoms with Gasteiger partial charge in [-0.2, -0.15) is 4.39 Å². The van der Waals surface area contributed by atoms with Gasteiger partial charge in [0.05, 0.1) is 99.3 Å². The molecule has 5 aromatic heterocycles. The fourth-order valence-electron chi connectivity index (χ4n) is 19.8. The average Bonchev–Trinajstić information content (AvgIpc) is 0.894. The molecule has 5 N–H and O–H groups in total. The quantitative estimate of drug-likeness (QED) is 0.0686. The Morgan fingerprint density at radius 2 is 0.592 bits per heavy atom. The largest absolute Gasteiger partial charge is 0.450 e. The number of nitro groups is 4. The maximum absolute atomic E-state index is 15.2. The summed E-state index contributed by atoms with van der Waals surface area (Å²) in [6.07, 6.45) is 11.5. The normalized spacial score (nSPS) is 16.3. The van der Waals surface area contributed by atoms with Gasteiger partial charge in [0, 0.05) is 166 Å². The van der Waals surface area contributed by atoms with Crippen LogP contribution in [0.1, 0.15) is 81.7 Å². The molecule has 4 saturated heterocycles. The lowest BCUT2D eigenvalue weighted by Gasteiger charge is -2.29. The van der Waals surface area contributed by atoms with Gasteiger partial charge in [-0.05, 0) is 139 Å². The number of aromatic nitrogens is 5. The van der Waals surface area contributed by atoms with Crippen molar-refractivity contribution in [3.8, 4) is 85.9 Å². The third-order valence-corrected chi connectivity index (χ3v) is 26.5. The van der Waals surface area contributed by atoms with Crippen molar-refractivity contribution in [1.29, 1.82) is 0 Å². The molecule has 0 radical (unpaired) electrons. The summed E-state index contributed by atoms with van der Waals surface area (Å²) in [6, 6.07) is 27.7. The fourth-order valence-corrected chi connectivity index (χ4v) is 19.8. The first-order valence-electron chi connectivity index (χ1n) is 44.8. The van der Waals surface area contributed by atoms with E-state index in [0.29, 0.717) is 172 Å². The van der Waals surface area contributed by atoms with Crippen LogP contribution in [0.4, 0.5) is 77.5 Å². The molecule has 9 aliphatic heterocycles. The third-order valence-electron chi connectivity index (χ3n) is 26.5. The number of pyridine rings is 5. The Labute approximate surface area is 798 Å². The lowest BCUT2D eigenvalue weighted by molar-refractivity contribution is -0.385. The highest BCUT2D eigenvalue weighted by molar-refractivity contribution is 6.00. The molecular formula is C101H86F6N16O19. The second kappa shape index (κ2) is 35.5. The van der Waals surface area contributed by atoms with Crippen LogP contribution in [-0.4, -0.2) is 113 Å². The topological polar surface area (TPSA) is 423 Å². The number of ether oxygens (including phenoxy) is 5. The van der Waals surface area contributed by atoms with Crippen LogP contribution >= 0.6 is 0 Å². The van der Waals surface area contributed by atoms with Crippen LogP contribution < -0.4 is 87.2 Å². The monoisotopic (exact) mass is 1940 g/mol. The molecule has 1 amide bonds. The number of rotatable bonds is 9. The van der Waals surface area contributed by atoms with Crippen molar-refractivity contribution in [3.05, 3.63) is 307 Å². The average molecular weight is 1940 g/mol. The molecule has 15 aromatic rings. The number of anilines is 5. The van der Waals surface area contributed by atoms with Crippen molar-refractivity contribution in [1.82, 2.24) is 22.8 Å². The number of hydrogen-bond donors (Lipinski definition) is 3. The van der Waals surface area contributed by atoms with Gasteiger partial charge in [0.15, 0.2) is 114 Å². The van der Waals surface area contributed by atoms with Crippen LogP contribution in [0.5, 0.6) is 57.5 Å². The van der Waals surface area contributed by atoms with Gasteiger partial charge in [0.25, 0.3) is 22.7 Å². The van der Waals surface area contributed by atoms with Gasteiger partial charge < -0.3 is 82.9 Å². The van der Waals surface area contributed by atoms with Gasteiger partial charge in [-0.3, -0.25) is 69.2 Å². The molecule has 9 aliphatic rings. The summed E-state index contributed by atoms with van der Waals surface area (Å²) in [5.74, 6) is -2.27. The molecule has 726 valence electrons. The smallest absolute Gasteiger partial charge is 0.273 e. The zero-order valence-electron chi connectivity index (χ0n) is 76.2. The Balaban J connectivity index is 0.000000113. The lowest BCUT2D eigenvalue weighted by atomic mass is 10.1. The number of nitro benzene ring substituents is 4. The number of non-ortho nitro benzene ring substituents is 4. The lowest BCUT2D eigenvalue weighted by Crippen LogP contribution is -2.28. The van der Waals surface area contributed by atoms with Crippen LogP contribution in [0.2, 0.25) is 0 Å². The minimum Gasteiger partial charge on any atom is -0.450 e. The van der Waals surface area contributed by atoms with Crippen molar-refractivity contribution in [2.45, 2.75) is 101 Å². The minimum absolute atomic E-state index is 0. The number of amides is 1. The SMILES string of the molecule is C.CC(=O)Nc1ccc2c(c1)Oc1c(F)c(F)cc3c(=O)c(C)cn-2c13.Cc1cn2c3c(c(N4CCC(C)C4)c(F)cc3c1=O)Oc1cc([N+](=O)[O-])ccc1-2.Cc1cn2c3c(c(N4CCC(N)C4)c(F)cc3c1=O)Oc1cc([N+](=O)[O-])ccc1-2.Cc1cn2c3c(c(N4CC[C@H](C)C4)c(F)cc3c1=O)Oc1cc([N+](=O)[O-])ccc1-2.Cc1cn2c3c(c(N4CC[C@H](N)C4)c(F)cc3c1=O)Oc1cc([N+](=O)[O-])ccc1-2. The Hall–Kier alpha value is -17.0. The summed E-state index contributed by atoms with van der Waals surface area (Å²) in [5.41, 5.74) is 18.5. The van der Waals surface area contributed by atoms with E-state index in [1.54, 1.807) is 135 Å². The van der Waals surface area contributed by atoms with Crippen molar-refractivity contribution in [3.63, 3.8) is 0 Å². The van der Waals surface area contributed by atoms with Gasteiger partial charge in [-0.25, -0.2) is 22.0 Å². The number of carbonyl (C=O) groups is 1. The molecule has 4 fully saturated rings. The second-order valence-electron chi connectivity index (χ2n) is 36.4. The van der Waals surface area contributed by atoms with E-state index in [0.717, 1.165) is 18.9 Å². The Kier molecular flexibility index (Phi) is 23.5. The Morgan fingerprint density at radius 3 is 0.838 bits per heavy atom. The van der Waals surface area contributed by atoms with E-state index >= 15 is 17.6 Å². The molecule has 2 unspecified atom stereocenters. The predicted octanol–water partition coefficient (Wildman–Crippen LogP) is 18.9. The van der Waals surface area contributed by atoms with Crippen LogP contribution in [-0.2, 0) is 4.79 Å². The van der Waals surface area contributed by atoms with Gasteiger partial charge in [-0.1, -0.05) is 21.3 Å². The summed E-state index contributed by atoms with van der Waals surface area (Å²) in [7, 11) is 0. The molecule has 41 heteroatoms. The van der Waals surface area contributed by atoms with E-state index in [1.807, 2.05) is 9.80 Å². The predicted molar refractivity (Wildman–Crippen MR) is 521 cm³/mol. The maximum atomic E-state index is 15.2. The highest BCUT2D eigenvalue weighted by atomic mass is 19.2. The summed E-state index contributed by atoms with van der Waals surface area (Å²) >= 11 is 0. The fraction of sp³-hybridized carbons (Fsp3) is 0.248. The number of benzene rings is 10. The van der Waals surface area contributed by atoms with E-state index < -0.39 is 54.6 Å². The molecule has 35 nitrogen and oxygen atoms in total. The summed E-state index contributed by atoms with van der Waals surface area (Å²) in [5, 5.41) is 48.4. The first kappa shape index (κ1) is 94.0. The van der Waals surface area contributed by atoms with Crippen molar-refractivity contribution in [2.24, 2.45) is 23.3 Å². The molecule has 24 rings (SSSR count). The minimum atomic E-state index is -1.17. The highest BCUT2D eigenvalue weighted by Crippen LogP contribution is 2.55. The molecule has 0 spiro atoms. The molecule has 10 aromatic carbocycles. The number of nitrogens with one attached hydrogen (secondary N) is 1. The second-order valence-corrected chi connectivity index (χ2v) is 36.4. The summed E-state index contributed by atoms with van der Waals surface area (Å²) in [6.45, 7) is 18.5. The molecule has 0 saturated carbocycles. The van der Waals surface area contributed by atoms with Gasteiger partial charge in [0.2, 0.25) is 11.7 Å². The zero-order chi connectivity index (χ0) is 99.7. The van der Waals surface area contributed by atoms with E-state index in [2.05, 4.69) is 19.2 Å². The molecular weight excluding hydrogens is 1860 g/mol. The number of aryl methyl sites for hydroxylation is 5. The van der Waals surface area contributed by atoms with Crippen LogP contribution in [0.25, 0.3) is 83.0 Å². The summed E-state index contributed by atoms with van der Waals surface area (Å²) in [4.78, 5) is 125. The zero-order valence-corrected chi connectivity index (χ0v) is 76.2. The van der Waals surface area contributed by atoms with E-state index in [9.17, 15) is 78.0 Å². The maximum Gasteiger partial charge on any atom is 0.273 e. The number of nitrogens with two attached hydrogens (primary N) is 2. The van der Waals surface area contributed by atoms with Crippen LogP contribution in [0, 0.1) is 122 Å². The van der Waals surface area contributed by atoms with Crippen LogP contribution in [0.3, 0.4) is 0 Å². The van der Waals surface area contributed by atoms with E-state index in [4.69, 9.17) is 35.2 Å². The molecule has 14 heterocycles. The first-order chi connectivity index (χ1) is 67.2. The van der Waals surface area contributed by atoms with Gasteiger partial charge in [0.1, 0.15) is 50.3 Å². The van der Waals surface area contributed by atoms with Crippen molar-refractivity contribution < 1.29 is 74.5 Å². The molecule has 0 aliphatic carbocycles. The highest BCUT2D eigenvalue weighted by Gasteiger charge is 2.40. The molecule has 4 atom stereocenters. The van der Waals surface area contributed by atoms with Gasteiger partial charge in [-0.15, -0.1) is 0 Å².